The lowest BCUT2D eigenvalue weighted by atomic mass is 9.99. The Bertz CT molecular complexity index is 952. The Kier molecular flexibility index (Phi) is 5.59. The second kappa shape index (κ2) is 7.89. The van der Waals surface area contributed by atoms with Crippen molar-refractivity contribution in [3.63, 3.8) is 0 Å². The van der Waals surface area contributed by atoms with Gasteiger partial charge in [0, 0.05) is 40.1 Å². The van der Waals surface area contributed by atoms with E-state index in [1.165, 1.54) is 13.2 Å². The first-order valence-electron chi connectivity index (χ1n) is 8.39. The quantitative estimate of drug-likeness (QED) is 0.620. The third kappa shape index (κ3) is 3.74. The zero-order valence-corrected chi connectivity index (χ0v) is 15.2. The lowest BCUT2D eigenvalue weighted by Gasteiger charge is -2.08. The maximum absolute atomic E-state index is 13.8. The zero-order chi connectivity index (χ0) is 18.7. The number of benzene rings is 2. The Hall–Kier alpha value is -2.37. The summed E-state index contributed by atoms with van der Waals surface area (Å²) in [5.74, 6) is -0.556. The van der Waals surface area contributed by atoms with Crippen LogP contribution in [0.2, 0.25) is 5.02 Å². The molecule has 1 aromatic heterocycles. The van der Waals surface area contributed by atoms with Gasteiger partial charge in [0.1, 0.15) is 5.82 Å². The molecule has 0 radical (unpaired) electrons. The molecule has 26 heavy (non-hydrogen) atoms. The van der Waals surface area contributed by atoms with E-state index >= 15 is 0 Å². The summed E-state index contributed by atoms with van der Waals surface area (Å²) in [5, 5.41) is 1.63. The molecule has 0 amide bonds. The van der Waals surface area contributed by atoms with Crippen LogP contribution in [0.15, 0.2) is 36.4 Å². The van der Waals surface area contributed by atoms with Gasteiger partial charge in [-0.3, -0.25) is 4.79 Å². The third-order valence-corrected chi connectivity index (χ3v) is 4.69. The predicted octanol–water partition coefficient (Wildman–Crippen LogP) is 4.58. The maximum Gasteiger partial charge on any atom is 0.305 e. The Labute approximate surface area is 156 Å². The van der Waals surface area contributed by atoms with Gasteiger partial charge in [-0.05, 0) is 60.4 Å². The Morgan fingerprint density at radius 3 is 2.81 bits per heavy atom. The van der Waals surface area contributed by atoms with Gasteiger partial charge in [0.2, 0.25) is 0 Å². The van der Waals surface area contributed by atoms with Crippen molar-refractivity contribution in [2.45, 2.75) is 25.8 Å². The van der Waals surface area contributed by atoms with Gasteiger partial charge in [0.15, 0.2) is 0 Å². The molecule has 0 saturated heterocycles. The van der Waals surface area contributed by atoms with Crippen LogP contribution >= 0.6 is 11.6 Å². The number of rotatable bonds is 6. The van der Waals surface area contributed by atoms with Crippen molar-refractivity contribution in [3.05, 3.63) is 58.4 Å². The summed E-state index contributed by atoms with van der Waals surface area (Å²) in [6, 6.07) is 10.5. The molecule has 0 atom stereocenters. The van der Waals surface area contributed by atoms with E-state index in [1.807, 2.05) is 18.2 Å². The monoisotopic (exact) mass is 374 g/mol. The van der Waals surface area contributed by atoms with E-state index in [-0.39, 0.29) is 18.3 Å². The maximum atomic E-state index is 13.8. The number of hydrogen-bond donors (Lipinski definition) is 2. The molecule has 3 N–H and O–H groups in total. The molecule has 1 heterocycles. The van der Waals surface area contributed by atoms with Gasteiger partial charge in [0.25, 0.3) is 0 Å². The number of aromatic nitrogens is 1. The Balaban J connectivity index is 2.06. The highest BCUT2D eigenvalue weighted by Gasteiger charge is 2.15. The molecule has 0 spiro atoms. The van der Waals surface area contributed by atoms with Crippen molar-refractivity contribution in [3.8, 4) is 11.3 Å². The fourth-order valence-electron chi connectivity index (χ4n) is 3.12. The largest absolute Gasteiger partial charge is 0.469 e. The number of aryl methyl sites for hydroxylation is 1. The summed E-state index contributed by atoms with van der Waals surface area (Å²) in [7, 11) is 1.38. The van der Waals surface area contributed by atoms with E-state index in [9.17, 15) is 9.18 Å². The van der Waals surface area contributed by atoms with Gasteiger partial charge in [-0.15, -0.1) is 0 Å². The summed E-state index contributed by atoms with van der Waals surface area (Å²) in [4.78, 5) is 14.8. The average Bonchev–Trinajstić information content (AvgIpc) is 3.00. The molecule has 0 aliphatic heterocycles. The number of esters is 1. The number of nitrogens with two attached hydrogens (primary N) is 1. The number of aromatic amines is 1. The molecule has 0 saturated carbocycles. The Morgan fingerprint density at radius 2 is 2.08 bits per heavy atom. The smallest absolute Gasteiger partial charge is 0.305 e. The van der Waals surface area contributed by atoms with Gasteiger partial charge >= 0.3 is 5.97 Å². The number of H-pyrrole nitrogens is 1. The molecule has 0 fully saturated rings. The molecule has 3 rings (SSSR count). The summed E-state index contributed by atoms with van der Waals surface area (Å²) in [6.07, 6.45) is 1.64. The molecule has 0 aliphatic carbocycles. The minimum Gasteiger partial charge on any atom is -0.469 e. The van der Waals surface area contributed by atoms with E-state index in [0.717, 1.165) is 27.7 Å². The molecule has 0 bridgehead atoms. The van der Waals surface area contributed by atoms with E-state index in [4.69, 9.17) is 22.1 Å². The van der Waals surface area contributed by atoms with Crippen LogP contribution in [0.1, 0.15) is 24.0 Å². The summed E-state index contributed by atoms with van der Waals surface area (Å²) in [6.45, 7) is 0.128. The minimum atomic E-state index is -0.317. The molecule has 4 nitrogen and oxygen atoms in total. The van der Waals surface area contributed by atoms with Crippen LogP contribution in [0.3, 0.4) is 0 Å². The molecular weight excluding hydrogens is 355 g/mol. The van der Waals surface area contributed by atoms with Crippen LogP contribution in [-0.4, -0.2) is 18.1 Å². The van der Waals surface area contributed by atoms with Crippen LogP contribution in [0.4, 0.5) is 4.39 Å². The molecule has 0 unspecified atom stereocenters. The second-order valence-electron chi connectivity index (χ2n) is 6.11. The first-order chi connectivity index (χ1) is 12.5. The molecule has 136 valence electrons. The number of methoxy groups -OCH3 is 1. The van der Waals surface area contributed by atoms with Crippen LogP contribution in [0, 0.1) is 5.82 Å². The van der Waals surface area contributed by atoms with Gasteiger partial charge in [-0.1, -0.05) is 11.6 Å². The minimum absolute atomic E-state index is 0.128. The number of nitrogens with one attached hydrogen (secondary N) is 1. The van der Waals surface area contributed by atoms with Crippen LogP contribution < -0.4 is 5.73 Å². The molecule has 2 aromatic carbocycles. The average molecular weight is 375 g/mol. The highest BCUT2D eigenvalue weighted by atomic mass is 35.5. The van der Waals surface area contributed by atoms with E-state index < -0.39 is 0 Å². The number of carbonyl (C=O) groups excluding carboxylic acids is 1. The fraction of sp³-hybridized carbons (Fsp3) is 0.250. The van der Waals surface area contributed by atoms with Gasteiger partial charge < -0.3 is 15.5 Å². The van der Waals surface area contributed by atoms with Gasteiger partial charge in [-0.25, -0.2) is 4.39 Å². The van der Waals surface area contributed by atoms with Gasteiger partial charge in [-0.2, -0.15) is 0 Å². The normalized spacial score (nSPS) is 11.1. The van der Waals surface area contributed by atoms with Crippen LogP contribution in [0.25, 0.3) is 22.2 Å². The highest BCUT2D eigenvalue weighted by molar-refractivity contribution is 6.31. The van der Waals surface area contributed by atoms with Crippen molar-refractivity contribution in [2.24, 2.45) is 5.73 Å². The lowest BCUT2D eigenvalue weighted by molar-refractivity contribution is -0.140. The number of ether oxygens (including phenoxy) is 1. The number of halogens is 2. The summed E-state index contributed by atoms with van der Waals surface area (Å²) in [5.41, 5.74) is 9.83. The van der Waals surface area contributed by atoms with Crippen molar-refractivity contribution >= 4 is 28.5 Å². The van der Waals surface area contributed by atoms with E-state index in [1.54, 1.807) is 12.1 Å². The molecule has 0 aliphatic rings. The number of hydrogen-bond acceptors (Lipinski definition) is 3. The predicted molar refractivity (Wildman–Crippen MR) is 102 cm³/mol. The van der Waals surface area contributed by atoms with Crippen molar-refractivity contribution < 1.29 is 13.9 Å². The first-order valence-corrected chi connectivity index (χ1v) is 8.77. The standard InChI is InChI=1S/C20H20ClFN2O2/c1-26-19(25)4-2-3-15-16-10-14(21)6-8-18(16)24-20(15)12-5-7-17(22)13(9-12)11-23/h5-10,24H,2-4,11,23H2,1H3. The molecular formula is C20H20ClFN2O2. The SMILES string of the molecule is COC(=O)CCCc1c(-c2ccc(F)c(CN)c2)[nH]c2ccc(Cl)cc12. The summed E-state index contributed by atoms with van der Waals surface area (Å²) >= 11 is 6.17. The van der Waals surface area contributed by atoms with Crippen LogP contribution in [0.5, 0.6) is 0 Å². The van der Waals surface area contributed by atoms with Crippen molar-refractivity contribution in [1.82, 2.24) is 4.98 Å². The molecule has 6 heteroatoms. The summed E-state index contributed by atoms with van der Waals surface area (Å²) < 4.78 is 18.5. The second-order valence-corrected chi connectivity index (χ2v) is 6.54. The van der Waals surface area contributed by atoms with Crippen molar-refractivity contribution in [2.75, 3.05) is 7.11 Å². The van der Waals surface area contributed by atoms with Gasteiger partial charge in [0.05, 0.1) is 7.11 Å². The molecule has 3 aromatic rings. The third-order valence-electron chi connectivity index (χ3n) is 4.46. The van der Waals surface area contributed by atoms with Crippen LogP contribution in [-0.2, 0) is 22.5 Å². The number of fused-ring (bicyclic) bond motifs is 1. The Morgan fingerprint density at radius 1 is 1.27 bits per heavy atom. The van der Waals surface area contributed by atoms with Crippen molar-refractivity contribution in [1.29, 1.82) is 0 Å². The fourth-order valence-corrected chi connectivity index (χ4v) is 3.30. The van der Waals surface area contributed by atoms with E-state index in [0.29, 0.717) is 29.8 Å². The lowest BCUT2D eigenvalue weighted by Crippen LogP contribution is -2.01. The zero-order valence-electron chi connectivity index (χ0n) is 14.4. The number of carbonyl (C=O) groups is 1. The topological polar surface area (TPSA) is 68.1 Å². The highest BCUT2D eigenvalue weighted by Crippen LogP contribution is 2.34. The first kappa shape index (κ1) is 18.4. The van der Waals surface area contributed by atoms with E-state index in [2.05, 4.69) is 4.98 Å².